The summed E-state index contributed by atoms with van der Waals surface area (Å²) >= 11 is 0. The van der Waals surface area contributed by atoms with Gasteiger partial charge in [0.05, 0.1) is 5.41 Å². The van der Waals surface area contributed by atoms with Crippen molar-refractivity contribution < 1.29 is 50.3 Å². The van der Waals surface area contributed by atoms with Crippen LogP contribution in [0.25, 0.3) is 0 Å². The van der Waals surface area contributed by atoms with Crippen molar-refractivity contribution in [2.75, 3.05) is 0 Å². The van der Waals surface area contributed by atoms with Gasteiger partial charge in [-0.1, -0.05) is 79.1 Å². The van der Waals surface area contributed by atoms with Gasteiger partial charge in [-0.15, -0.1) is 0 Å². The molecule has 0 aromatic rings. The van der Waals surface area contributed by atoms with Crippen LogP contribution in [0.4, 0.5) is 0 Å². The van der Waals surface area contributed by atoms with E-state index in [0.29, 0.717) is 24.7 Å². The van der Waals surface area contributed by atoms with Gasteiger partial charge in [-0.2, -0.15) is 0 Å². The molecule has 1 radical (unpaired) electrons. The summed E-state index contributed by atoms with van der Waals surface area (Å²) < 4.78 is 0. The van der Waals surface area contributed by atoms with Crippen LogP contribution in [0.2, 0.25) is 0 Å². The van der Waals surface area contributed by atoms with Crippen LogP contribution < -0.4 is 5.73 Å². The zero-order valence-electron chi connectivity index (χ0n) is 16.9. The molecule has 0 aromatic heterocycles. The normalized spacial score (nSPS) is 11.6. The van der Waals surface area contributed by atoms with Gasteiger partial charge in [0.25, 0.3) is 0 Å². The zero-order valence-corrected chi connectivity index (χ0v) is 20.5. The van der Waals surface area contributed by atoms with E-state index in [-0.39, 0.29) is 42.0 Å². The molecule has 0 rings (SSSR count). The van der Waals surface area contributed by atoms with Crippen LogP contribution in [0, 0.1) is 52.8 Å². The third kappa shape index (κ3) is 13.9. The van der Waals surface area contributed by atoms with Crippen molar-refractivity contribution in [1.82, 2.24) is 0 Å². The largest absolute Gasteiger partial charge is 0.481 e. The summed E-state index contributed by atoms with van der Waals surface area (Å²) in [7, 11) is 0. The van der Waals surface area contributed by atoms with Crippen LogP contribution in [0.3, 0.4) is 0 Å². The van der Waals surface area contributed by atoms with Gasteiger partial charge in [-0.05, 0) is 24.7 Å². The molecule has 0 heterocycles. The number of aliphatic carboxylic acids is 1. The van der Waals surface area contributed by atoms with E-state index in [4.69, 9.17) is 5.73 Å². The number of nitrogens with two attached hydrogens (primary N) is 1. The third-order valence-corrected chi connectivity index (χ3v) is 4.84. The Hall–Kier alpha value is 0.135. The zero-order chi connectivity index (χ0) is 18.6. The molecular weight excluding hydrogens is 441 g/mol. The van der Waals surface area contributed by atoms with Crippen LogP contribution in [-0.2, 0) is 9.59 Å². The first-order chi connectivity index (χ1) is 11.2. The van der Waals surface area contributed by atoms with E-state index in [1.807, 2.05) is 0 Å². The van der Waals surface area contributed by atoms with Crippen LogP contribution in [-0.4, -0.2) is 17.0 Å². The van der Waals surface area contributed by atoms with E-state index in [1.54, 1.807) is 0 Å². The van der Waals surface area contributed by atoms with Gasteiger partial charge >= 0.3 is 5.97 Å². The molecule has 0 unspecified atom stereocenters. The fourth-order valence-corrected chi connectivity index (χ4v) is 3.31. The Morgan fingerprint density at radius 3 is 1.52 bits per heavy atom. The first-order valence-electron chi connectivity index (χ1n) is 9.71. The average Bonchev–Trinajstić information content (AvgIpc) is 2.44. The number of carbonyl (C=O) groups excluding carboxylic acids is 1. The monoisotopic (exact) mass is 480 g/mol. The molecule has 0 aliphatic rings. The predicted molar refractivity (Wildman–Crippen MR) is 99.7 cm³/mol. The molecule has 0 bridgehead atoms. The van der Waals surface area contributed by atoms with Gasteiger partial charge in [0, 0.05) is 42.0 Å². The Bertz CT molecular complexity index is 352. The van der Waals surface area contributed by atoms with E-state index in [1.165, 1.54) is 12.8 Å². The van der Waals surface area contributed by atoms with Gasteiger partial charge in [-0.25, -0.2) is 0 Å². The minimum absolute atomic E-state index is 0. The molecule has 0 spiro atoms. The molecule has 145 valence electrons. The summed E-state index contributed by atoms with van der Waals surface area (Å²) in [5.74, 6) is 0.0115. The number of primary amides is 1. The maximum Gasteiger partial charge on any atom is 0.310 e. The first-order valence-corrected chi connectivity index (χ1v) is 9.71. The summed E-state index contributed by atoms with van der Waals surface area (Å²) in [6.07, 6.45) is 9.46. The predicted octanol–water partition coefficient (Wildman–Crippen LogP) is 5.15. The van der Waals surface area contributed by atoms with Crippen molar-refractivity contribution in [3.05, 3.63) is 0 Å². The molecule has 0 saturated carbocycles. The first kappa shape index (κ1) is 27.4. The summed E-state index contributed by atoms with van der Waals surface area (Å²) in [6, 6.07) is 0. The summed E-state index contributed by atoms with van der Waals surface area (Å²) in [5.41, 5.74) is 4.40. The standard InChI is InChI=1S/C20H39NO3.La/c1-16(2)11-7-5-9-13-20(19(23)24,15-18(21)22)14-10-6-8-12-17(3)4;/h16-17H,5-15H2,1-4H3,(H2,21,22)(H,23,24);. The minimum atomic E-state index is -0.957. The van der Waals surface area contributed by atoms with E-state index in [9.17, 15) is 14.7 Å². The molecule has 3 N–H and O–H groups in total. The Labute approximate surface area is 182 Å². The van der Waals surface area contributed by atoms with Gasteiger partial charge in [0.15, 0.2) is 0 Å². The van der Waals surface area contributed by atoms with Crippen LogP contribution >= 0.6 is 0 Å². The topological polar surface area (TPSA) is 80.4 Å². The number of hydrogen-bond donors (Lipinski definition) is 2. The number of carbonyl (C=O) groups is 2. The number of amides is 1. The second-order valence-electron chi connectivity index (χ2n) is 8.21. The molecule has 0 saturated heterocycles. The molecule has 5 heteroatoms. The van der Waals surface area contributed by atoms with E-state index in [2.05, 4.69) is 27.7 Å². The Morgan fingerprint density at radius 1 is 0.840 bits per heavy atom. The molecule has 4 nitrogen and oxygen atoms in total. The summed E-state index contributed by atoms with van der Waals surface area (Å²) in [5, 5.41) is 9.75. The maximum atomic E-state index is 11.9. The summed E-state index contributed by atoms with van der Waals surface area (Å²) in [4.78, 5) is 23.3. The number of unbranched alkanes of at least 4 members (excludes halogenated alkanes) is 4. The van der Waals surface area contributed by atoms with E-state index < -0.39 is 17.3 Å². The van der Waals surface area contributed by atoms with E-state index >= 15 is 0 Å². The van der Waals surface area contributed by atoms with Crippen LogP contribution in [0.15, 0.2) is 0 Å². The molecule has 0 aliphatic carbocycles. The minimum Gasteiger partial charge on any atom is -0.481 e. The molecule has 0 aliphatic heterocycles. The molecule has 0 fully saturated rings. The quantitative estimate of drug-likeness (QED) is 0.318. The van der Waals surface area contributed by atoms with E-state index in [0.717, 1.165) is 38.5 Å². The van der Waals surface area contributed by atoms with Gasteiger partial charge < -0.3 is 10.8 Å². The number of rotatable bonds is 15. The molecule has 1 amide bonds. The van der Waals surface area contributed by atoms with Gasteiger partial charge in [-0.3, -0.25) is 9.59 Å². The van der Waals surface area contributed by atoms with Crippen LogP contribution in [0.5, 0.6) is 0 Å². The molecular formula is C20H39LaNO3. The van der Waals surface area contributed by atoms with Crippen molar-refractivity contribution in [2.24, 2.45) is 23.0 Å². The van der Waals surface area contributed by atoms with Crippen molar-refractivity contribution in [3.63, 3.8) is 0 Å². The van der Waals surface area contributed by atoms with Gasteiger partial charge in [0.1, 0.15) is 0 Å². The SMILES string of the molecule is CC(C)CCCCCC(CCCCCC(C)C)(CC(N)=O)C(=O)O.[La]. The number of carboxylic acids is 1. The fourth-order valence-electron chi connectivity index (χ4n) is 3.31. The second kappa shape index (κ2) is 15.2. The van der Waals surface area contributed by atoms with Crippen molar-refractivity contribution >= 4 is 11.9 Å². The van der Waals surface area contributed by atoms with Crippen molar-refractivity contribution in [2.45, 2.75) is 98.3 Å². The van der Waals surface area contributed by atoms with Crippen molar-refractivity contribution in [1.29, 1.82) is 0 Å². The summed E-state index contributed by atoms with van der Waals surface area (Å²) in [6.45, 7) is 8.80. The molecule has 25 heavy (non-hydrogen) atoms. The third-order valence-electron chi connectivity index (χ3n) is 4.84. The second-order valence-corrected chi connectivity index (χ2v) is 8.21. The Morgan fingerprint density at radius 2 is 1.24 bits per heavy atom. The molecule has 0 atom stereocenters. The smallest absolute Gasteiger partial charge is 0.310 e. The van der Waals surface area contributed by atoms with Crippen LogP contribution in [0.1, 0.15) is 98.3 Å². The number of hydrogen-bond acceptors (Lipinski definition) is 2. The Balaban J connectivity index is 0. The number of carboxylic acid groups (broad SMARTS) is 1. The average molecular weight is 480 g/mol. The fraction of sp³-hybridized carbons (Fsp3) is 0.900. The van der Waals surface area contributed by atoms with Crippen molar-refractivity contribution in [3.8, 4) is 0 Å². The maximum absolute atomic E-state index is 11.9. The van der Waals surface area contributed by atoms with Gasteiger partial charge in [0.2, 0.25) is 5.91 Å². The molecule has 0 aromatic carbocycles. The Kier molecular flexibility index (Phi) is 16.7.